The van der Waals surface area contributed by atoms with Crippen LogP contribution in [0.3, 0.4) is 0 Å². The van der Waals surface area contributed by atoms with Crippen molar-refractivity contribution in [3.63, 3.8) is 0 Å². The summed E-state index contributed by atoms with van der Waals surface area (Å²) in [7, 11) is 0. The molecule has 0 saturated heterocycles. The molecule has 0 radical (unpaired) electrons. The van der Waals surface area contributed by atoms with E-state index < -0.39 is 11.9 Å². The van der Waals surface area contributed by atoms with Crippen molar-refractivity contribution in [3.8, 4) is 0 Å². The van der Waals surface area contributed by atoms with Gasteiger partial charge >= 0.3 is 35.0 Å². The van der Waals surface area contributed by atoms with Crippen LogP contribution in [0.2, 0.25) is 0 Å². The maximum Gasteiger partial charge on any atom is 2.00 e. The van der Waals surface area contributed by atoms with Crippen LogP contribution in [-0.2, 0) is 9.59 Å². The van der Waals surface area contributed by atoms with Gasteiger partial charge in [0.05, 0.1) is 0 Å². The standard InChI is InChI=1S/C2H2O4.2ClH.Mg/c3-1(4)2(5)6;;;/h(H,3,4)(H,5,6);2*1H;/q;;;+2/p-2. The molecule has 7 heteroatoms. The third-order valence-corrected chi connectivity index (χ3v) is 0.183. The molecule has 0 aliphatic rings. The van der Waals surface area contributed by atoms with Gasteiger partial charge in [0.2, 0.25) is 0 Å². The summed E-state index contributed by atoms with van der Waals surface area (Å²) in [6.45, 7) is 0. The van der Waals surface area contributed by atoms with Gasteiger partial charge in [-0.1, -0.05) is 0 Å². The first-order valence-corrected chi connectivity index (χ1v) is 1.11. The summed E-state index contributed by atoms with van der Waals surface area (Å²) in [4.78, 5) is 18.2. The quantitative estimate of drug-likeness (QED) is 0.290. The van der Waals surface area contributed by atoms with E-state index in [1.807, 2.05) is 0 Å². The zero-order valence-corrected chi connectivity index (χ0v) is 7.10. The minimum atomic E-state index is -1.82. The molecular formula is C2H2Cl2MgO4. The summed E-state index contributed by atoms with van der Waals surface area (Å²) < 4.78 is 0. The first-order chi connectivity index (χ1) is 2.64. The van der Waals surface area contributed by atoms with Crippen molar-refractivity contribution in [3.05, 3.63) is 0 Å². The summed E-state index contributed by atoms with van der Waals surface area (Å²) in [6.07, 6.45) is 0. The van der Waals surface area contributed by atoms with Gasteiger partial charge < -0.3 is 35.0 Å². The third kappa shape index (κ3) is 17.8. The van der Waals surface area contributed by atoms with Gasteiger partial charge in [0.1, 0.15) is 0 Å². The number of aliphatic carboxylic acids is 2. The minimum absolute atomic E-state index is 0. The molecule has 0 bridgehead atoms. The second-order valence-corrected chi connectivity index (χ2v) is 0.610. The van der Waals surface area contributed by atoms with Crippen LogP contribution in [0, 0.1) is 0 Å². The fraction of sp³-hybridized carbons (Fsp3) is 0. The van der Waals surface area contributed by atoms with Gasteiger partial charge in [-0.3, -0.25) is 0 Å². The van der Waals surface area contributed by atoms with Crippen LogP contribution in [0.1, 0.15) is 0 Å². The van der Waals surface area contributed by atoms with Crippen LogP contribution >= 0.6 is 0 Å². The monoisotopic (exact) mass is 184 g/mol. The molecule has 0 atom stereocenters. The van der Waals surface area contributed by atoms with E-state index in [0.29, 0.717) is 0 Å². The Bertz CT molecular complexity index is 82.6. The number of halogens is 2. The smallest absolute Gasteiger partial charge is 1.00 e. The molecule has 2 N–H and O–H groups in total. The molecule has 0 aromatic carbocycles. The Kier molecular flexibility index (Phi) is 28.2. The molecule has 0 saturated carbocycles. The van der Waals surface area contributed by atoms with Crippen LogP contribution in [0.4, 0.5) is 0 Å². The van der Waals surface area contributed by atoms with Gasteiger partial charge in [-0.15, -0.1) is 0 Å². The van der Waals surface area contributed by atoms with Crippen LogP contribution < -0.4 is 24.8 Å². The summed E-state index contributed by atoms with van der Waals surface area (Å²) in [5.41, 5.74) is 0. The van der Waals surface area contributed by atoms with Gasteiger partial charge in [-0.25, -0.2) is 9.59 Å². The third-order valence-electron chi connectivity index (χ3n) is 0.183. The molecule has 0 amide bonds. The summed E-state index contributed by atoms with van der Waals surface area (Å²) >= 11 is 0. The van der Waals surface area contributed by atoms with E-state index in [9.17, 15) is 0 Å². The van der Waals surface area contributed by atoms with Gasteiger partial charge in [0, 0.05) is 0 Å². The zero-order valence-electron chi connectivity index (χ0n) is 4.17. The van der Waals surface area contributed by atoms with Crippen molar-refractivity contribution < 1.29 is 44.6 Å². The van der Waals surface area contributed by atoms with Crippen molar-refractivity contribution in [2.45, 2.75) is 0 Å². The Morgan fingerprint density at radius 2 is 1.00 bits per heavy atom. The number of carboxylic acids is 2. The summed E-state index contributed by atoms with van der Waals surface area (Å²) in [6, 6.07) is 0. The minimum Gasteiger partial charge on any atom is -1.00 e. The molecule has 50 valence electrons. The Balaban J connectivity index is -0.0000000417. The molecule has 0 fully saturated rings. The Morgan fingerprint density at radius 1 is 0.889 bits per heavy atom. The Hall–Kier alpha value is 0.286. The SMILES string of the molecule is O=C(O)C(=O)O.[Cl-].[Cl-].[Mg+2]. The molecule has 0 aliphatic heterocycles. The number of rotatable bonds is 0. The molecule has 9 heavy (non-hydrogen) atoms. The largest absolute Gasteiger partial charge is 2.00 e. The van der Waals surface area contributed by atoms with Gasteiger partial charge in [-0.05, 0) is 0 Å². The maximum atomic E-state index is 9.10. The number of hydrogen-bond acceptors (Lipinski definition) is 2. The molecule has 0 unspecified atom stereocenters. The summed E-state index contributed by atoms with van der Waals surface area (Å²) in [5, 5.41) is 14.8. The van der Waals surface area contributed by atoms with Gasteiger partial charge in [0.15, 0.2) is 0 Å². The Labute approximate surface area is 79.6 Å². The molecular weight excluding hydrogens is 183 g/mol. The van der Waals surface area contributed by atoms with Gasteiger partial charge in [-0.2, -0.15) is 0 Å². The second kappa shape index (κ2) is 11.1. The van der Waals surface area contributed by atoms with E-state index in [1.54, 1.807) is 0 Å². The summed E-state index contributed by atoms with van der Waals surface area (Å²) in [5.74, 6) is -3.65. The van der Waals surface area contributed by atoms with Crippen LogP contribution in [0.25, 0.3) is 0 Å². The van der Waals surface area contributed by atoms with Crippen molar-refractivity contribution in [1.82, 2.24) is 0 Å². The van der Waals surface area contributed by atoms with Crippen LogP contribution in [0.5, 0.6) is 0 Å². The molecule has 0 heterocycles. The average molecular weight is 185 g/mol. The predicted molar refractivity (Wildman–Crippen MR) is 21.0 cm³/mol. The van der Waals surface area contributed by atoms with Crippen LogP contribution in [0.15, 0.2) is 0 Å². The molecule has 4 nitrogen and oxygen atoms in total. The van der Waals surface area contributed by atoms with E-state index in [2.05, 4.69) is 0 Å². The van der Waals surface area contributed by atoms with E-state index in [-0.39, 0.29) is 47.9 Å². The second-order valence-electron chi connectivity index (χ2n) is 0.610. The van der Waals surface area contributed by atoms with E-state index >= 15 is 0 Å². The normalized spacial score (nSPS) is 4.89. The number of carbonyl (C=O) groups is 2. The van der Waals surface area contributed by atoms with Crippen molar-refractivity contribution in [2.24, 2.45) is 0 Å². The average Bonchev–Trinajstić information content (AvgIpc) is 1.36. The zero-order chi connectivity index (χ0) is 5.15. The van der Waals surface area contributed by atoms with E-state index in [4.69, 9.17) is 19.8 Å². The fourth-order valence-electron chi connectivity index (χ4n) is 0. The number of carboxylic acid groups (broad SMARTS) is 2. The molecule has 0 aliphatic carbocycles. The fourth-order valence-corrected chi connectivity index (χ4v) is 0. The topological polar surface area (TPSA) is 74.6 Å². The molecule has 0 aromatic heterocycles. The Morgan fingerprint density at radius 3 is 1.00 bits per heavy atom. The molecule has 0 aromatic rings. The maximum absolute atomic E-state index is 9.10. The molecule has 0 rings (SSSR count). The van der Waals surface area contributed by atoms with Crippen molar-refractivity contribution >= 4 is 35.0 Å². The van der Waals surface area contributed by atoms with E-state index in [1.165, 1.54) is 0 Å². The predicted octanol–water partition coefficient (Wildman–Crippen LogP) is -7.22. The van der Waals surface area contributed by atoms with Gasteiger partial charge in [0.25, 0.3) is 0 Å². The van der Waals surface area contributed by atoms with Crippen molar-refractivity contribution in [2.75, 3.05) is 0 Å². The first kappa shape index (κ1) is 22.8. The van der Waals surface area contributed by atoms with E-state index in [0.717, 1.165) is 0 Å². The van der Waals surface area contributed by atoms with Crippen molar-refractivity contribution in [1.29, 1.82) is 0 Å². The van der Waals surface area contributed by atoms with Crippen LogP contribution in [-0.4, -0.2) is 45.2 Å². The number of hydrogen-bond donors (Lipinski definition) is 2. The first-order valence-electron chi connectivity index (χ1n) is 1.11. The molecule has 0 spiro atoms.